The summed E-state index contributed by atoms with van der Waals surface area (Å²) in [6, 6.07) is 9.48. The van der Waals surface area contributed by atoms with Gasteiger partial charge in [-0.1, -0.05) is 58.0 Å². The van der Waals surface area contributed by atoms with Gasteiger partial charge in [0.2, 0.25) is 0 Å². The molecule has 1 aromatic rings. The average Bonchev–Trinajstić information content (AvgIpc) is 3.65. The maximum Gasteiger partial charge on any atom is 0.311 e. The molecule has 4 aliphatic heterocycles. The van der Waals surface area contributed by atoms with Crippen molar-refractivity contribution >= 4 is 5.97 Å². The van der Waals surface area contributed by atoms with Gasteiger partial charge in [0.1, 0.15) is 23.9 Å². The van der Waals surface area contributed by atoms with Gasteiger partial charge in [-0.2, -0.15) is 5.48 Å². The van der Waals surface area contributed by atoms with E-state index in [0.717, 1.165) is 5.56 Å². The molecule has 17 atom stereocenters. The summed E-state index contributed by atoms with van der Waals surface area (Å²) >= 11 is 0. The number of nitrogens with zero attached hydrogens (tertiary/aromatic N) is 1. The number of likely N-dealkylation sites (N-methyl/N-ethyl adjacent to an activating group) is 1. The van der Waals surface area contributed by atoms with Gasteiger partial charge in [-0.25, -0.2) is 0 Å². The monoisotopic (exact) mass is 719 g/mol. The SMILES string of the molecule is CC[C@H]1OC(=O)[C@H](C)[C@@H](OCC2CC(c3ccccc3)NO2)[C@H](C)[C@@H](OC2O[C@H](C)C[C@H](N(C)C)[C@H]2O)[C@](C)(O)C[C@@H](C)[C@@H]2OC1(C)[C@@H](N)[C@H]2C. The maximum absolute atomic E-state index is 14.2. The summed E-state index contributed by atoms with van der Waals surface area (Å²) in [4.78, 5) is 22.1. The molecule has 4 saturated heterocycles. The zero-order chi connectivity index (χ0) is 37.4. The van der Waals surface area contributed by atoms with Crippen molar-refractivity contribution in [3.63, 3.8) is 0 Å². The Hall–Kier alpha value is -1.71. The Labute approximate surface area is 304 Å². The molecule has 0 aliphatic carbocycles. The third-order valence-electron chi connectivity index (χ3n) is 12.3. The minimum absolute atomic E-state index is 0.00243. The van der Waals surface area contributed by atoms with E-state index < -0.39 is 65.8 Å². The summed E-state index contributed by atoms with van der Waals surface area (Å²) in [6.45, 7) is 15.7. The molecule has 51 heavy (non-hydrogen) atoms. The fourth-order valence-corrected chi connectivity index (χ4v) is 9.31. The van der Waals surface area contributed by atoms with Gasteiger partial charge in [0.05, 0.1) is 48.6 Å². The lowest BCUT2D eigenvalue weighted by Crippen LogP contribution is -2.59. The van der Waals surface area contributed by atoms with Crippen LogP contribution in [0.25, 0.3) is 0 Å². The van der Waals surface area contributed by atoms with Crippen LogP contribution in [0.4, 0.5) is 0 Å². The van der Waals surface area contributed by atoms with E-state index >= 15 is 0 Å². The highest BCUT2D eigenvalue weighted by Gasteiger charge is 2.57. The normalized spacial score (nSPS) is 47.0. The Morgan fingerprint density at radius 3 is 2.39 bits per heavy atom. The van der Waals surface area contributed by atoms with Crippen LogP contribution in [0, 0.1) is 23.7 Å². The zero-order valence-electron chi connectivity index (χ0n) is 32.4. The third kappa shape index (κ3) is 8.51. The van der Waals surface area contributed by atoms with Crippen LogP contribution < -0.4 is 11.2 Å². The van der Waals surface area contributed by atoms with E-state index in [4.69, 9.17) is 34.3 Å². The molecule has 1 aromatic carbocycles. The molecule has 2 bridgehead atoms. The molecule has 4 unspecified atom stereocenters. The highest BCUT2D eigenvalue weighted by Crippen LogP contribution is 2.45. The Morgan fingerprint density at radius 1 is 1.06 bits per heavy atom. The van der Waals surface area contributed by atoms with Crippen LogP contribution in [0.1, 0.15) is 92.7 Å². The van der Waals surface area contributed by atoms with Crippen molar-refractivity contribution in [2.24, 2.45) is 29.4 Å². The van der Waals surface area contributed by atoms with Crippen molar-refractivity contribution in [1.29, 1.82) is 0 Å². The van der Waals surface area contributed by atoms with E-state index in [1.807, 2.05) is 64.9 Å². The number of hydrogen-bond donors (Lipinski definition) is 4. The second-order valence-corrected chi connectivity index (χ2v) is 16.7. The number of nitrogens with one attached hydrogen (secondary N) is 1. The van der Waals surface area contributed by atoms with E-state index in [9.17, 15) is 15.0 Å². The van der Waals surface area contributed by atoms with Gasteiger partial charge in [-0.15, -0.1) is 0 Å². The van der Waals surface area contributed by atoms with Crippen molar-refractivity contribution in [3.8, 4) is 0 Å². The first-order valence-electron chi connectivity index (χ1n) is 19.1. The number of rotatable bonds is 8. The average molecular weight is 720 g/mol. The largest absolute Gasteiger partial charge is 0.459 e. The number of carbonyl (C=O) groups is 1. The van der Waals surface area contributed by atoms with Crippen LogP contribution in [0.15, 0.2) is 30.3 Å². The molecular formula is C39H65N3O9. The topological polar surface area (TPSA) is 154 Å². The first-order valence-corrected chi connectivity index (χ1v) is 19.1. The Morgan fingerprint density at radius 2 is 1.75 bits per heavy atom. The predicted octanol–water partition coefficient (Wildman–Crippen LogP) is 3.72. The summed E-state index contributed by atoms with van der Waals surface area (Å²) in [7, 11) is 3.85. The molecular weight excluding hydrogens is 654 g/mol. The summed E-state index contributed by atoms with van der Waals surface area (Å²) < 4.78 is 32.8. The Bertz CT molecular complexity index is 1290. The molecule has 0 aromatic heterocycles. The molecule has 5 N–H and O–H groups in total. The standard InChI is InChI=1S/C39H65N3O9/c1-11-30-39(8)34(40)23(4)32(50-39)21(2)19-38(7,45)35(49-37-31(43)29(42(9)10)17-22(3)47-37)24(5)33(25(6)36(44)48-30)46-20-27-18-28(41-51-27)26-15-13-12-14-16-26/h12-16,21-25,27-35,37,41,43,45H,11,17-20,40H2,1-10H3/t21-,22-,23+,24+,25-,27?,28?,29+,30-,31-,32+,33+,34+,35-,37?,38-,39?/m1/s1. The van der Waals surface area contributed by atoms with Gasteiger partial charge in [-0.3, -0.25) is 9.63 Å². The van der Waals surface area contributed by atoms with E-state index in [1.165, 1.54) is 0 Å². The number of ether oxygens (including phenoxy) is 5. The molecule has 12 nitrogen and oxygen atoms in total. The highest BCUT2D eigenvalue weighted by molar-refractivity contribution is 5.73. The molecule has 12 heteroatoms. The molecule has 4 fully saturated rings. The van der Waals surface area contributed by atoms with Crippen LogP contribution >= 0.6 is 0 Å². The molecule has 0 amide bonds. The summed E-state index contributed by atoms with van der Waals surface area (Å²) in [6.07, 6.45) is -2.92. The predicted molar refractivity (Wildman–Crippen MR) is 192 cm³/mol. The highest BCUT2D eigenvalue weighted by atomic mass is 16.7. The van der Waals surface area contributed by atoms with Gasteiger partial charge in [-0.05, 0) is 79.0 Å². The maximum atomic E-state index is 14.2. The first kappa shape index (κ1) is 40.5. The van der Waals surface area contributed by atoms with E-state index in [2.05, 4.69) is 31.5 Å². The van der Waals surface area contributed by atoms with Gasteiger partial charge in [0.25, 0.3) is 0 Å². The number of esters is 1. The third-order valence-corrected chi connectivity index (χ3v) is 12.3. The molecule has 4 aliphatic rings. The van der Waals surface area contributed by atoms with Crippen LogP contribution in [0.2, 0.25) is 0 Å². The van der Waals surface area contributed by atoms with Crippen LogP contribution in [0.3, 0.4) is 0 Å². The molecule has 290 valence electrons. The zero-order valence-corrected chi connectivity index (χ0v) is 32.4. The summed E-state index contributed by atoms with van der Waals surface area (Å²) in [5, 5.41) is 24.1. The number of nitrogens with two attached hydrogens (primary N) is 1. The smallest absolute Gasteiger partial charge is 0.311 e. The molecule has 0 saturated carbocycles. The lowest BCUT2D eigenvalue weighted by atomic mass is 9.75. The van der Waals surface area contributed by atoms with Gasteiger partial charge < -0.3 is 44.5 Å². The number of carbonyl (C=O) groups excluding carboxylic acids is 1. The molecule has 0 radical (unpaired) electrons. The molecule has 4 heterocycles. The number of hydrogen-bond acceptors (Lipinski definition) is 12. The van der Waals surface area contributed by atoms with Crippen molar-refractivity contribution < 1.29 is 43.5 Å². The van der Waals surface area contributed by atoms with Crippen molar-refractivity contribution in [3.05, 3.63) is 35.9 Å². The number of fused-ring (bicyclic) bond motifs is 2. The quantitative estimate of drug-likeness (QED) is 0.290. The fraction of sp³-hybridized carbons (Fsp3) is 0.821. The lowest BCUT2D eigenvalue weighted by molar-refractivity contribution is -0.300. The van der Waals surface area contributed by atoms with Crippen LogP contribution in [-0.4, -0.2) is 114 Å². The van der Waals surface area contributed by atoms with Gasteiger partial charge >= 0.3 is 5.97 Å². The van der Waals surface area contributed by atoms with Gasteiger partial charge in [0, 0.05) is 23.9 Å². The second-order valence-electron chi connectivity index (χ2n) is 16.7. The van der Waals surface area contributed by atoms with E-state index in [-0.39, 0.29) is 48.8 Å². The van der Waals surface area contributed by atoms with E-state index in [0.29, 0.717) is 25.7 Å². The minimum Gasteiger partial charge on any atom is -0.459 e. The van der Waals surface area contributed by atoms with Crippen LogP contribution in [-0.2, 0) is 33.3 Å². The minimum atomic E-state index is -1.46. The van der Waals surface area contributed by atoms with Crippen molar-refractivity contribution in [1.82, 2.24) is 10.4 Å². The molecule has 0 spiro atoms. The van der Waals surface area contributed by atoms with Gasteiger partial charge in [0.15, 0.2) is 6.29 Å². The second kappa shape index (κ2) is 16.3. The summed E-state index contributed by atoms with van der Waals surface area (Å²) in [5.74, 6) is -1.99. The Kier molecular flexibility index (Phi) is 13.0. The van der Waals surface area contributed by atoms with Crippen molar-refractivity contribution in [2.45, 2.75) is 159 Å². The number of hydroxylamine groups is 1. The lowest BCUT2D eigenvalue weighted by Gasteiger charge is -2.47. The fourth-order valence-electron chi connectivity index (χ4n) is 9.31. The molecule has 5 rings (SSSR count). The number of benzene rings is 1. The van der Waals surface area contributed by atoms with Crippen molar-refractivity contribution in [2.75, 3.05) is 20.7 Å². The Balaban J connectivity index is 1.49. The van der Waals surface area contributed by atoms with E-state index in [1.54, 1.807) is 13.8 Å². The van der Waals surface area contributed by atoms with Crippen LogP contribution in [0.5, 0.6) is 0 Å². The number of aliphatic hydroxyl groups is 2. The number of cyclic esters (lactones) is 1. The summed E-state index contributed by atoms with van der Waals surface area (Å²) in [5.41, 5.74) is 8.73. The first-order chi connectivity index (χ1) is 24.0. The number of aliphatic hydroxyl groups excluding tert-OH is 1.